The fourth-order valence-electron chi connectivity index (χ4n) is 2.36. The van der Waals surface area contributed by atoms with Crippen LogP contribution in [0, 0.1) is 11.3 Å². The predicted octanol–water partition coefficient (Wildman–Crippen LogP) is 2.90. The Morgan fingerprint density at radius 1 is 1.47 bits per heavy atom. The number of hydrogen-bond acceptors (Lipinski definition) is 1. The van der Waals surface area contributed by atoms with Gasteiger partial charge in [0.05, 0.1) is 5.41 Å². The first-order chi connectivity index (χ1) is 7.05. The van der Waals surface area contributed by atoms with Crippen molar-refractivity contribution < 1.29 is 9.90 Å². The second-order valence-corrected chi connectivity index (χ2v) is 4.73. The lowest BCUT2D eigenvalue weighted by molar-refractivity contribution is -0.143. The highest BCUT2D eigenvalue weighted by molar-refractivity contribution is 5.78. The minimum absolute atomic E-state index is 0.289. The highest BCUT2D eigenvalue weighted by Gasteiger charge is 2.58. The molecule has 1 aromatic rings. The Hall–Kier alpha value is -1.31. The number of carbonyl (C=O) groups is 1. The molecule has 0 amide bonds. The summed E-state index contributed by atoms with van der Waals surface area (Å²) >= 11 is 0. The fourth-order valence-corrected chi connectivity index (χ4v) is 2.36. The molecule has 2 nitrogen and oxygen atoms in total. The molecule has 1 saturated carbocycles. The van der Waals surface area contributed by atoms with Gasteiger partial charge in [-0.05, 0) is 30.7 Å². The zero-order valence-corrected chi connectivity index (χ0v) is 9.10. The molecule has 0 radical (unpaired) electrons. The molecule has 1 aliphatic rings. The molecule has 1 aromatic carbocycles. The van der Waals surface area contributed by atoms with Crippen LogP contribution in [0.25, 0.3) is 0 Å². The van der Waals surface area contributed by atoms with Crippen LogP contribution in [0.2, 0.25) is 0 Å². The van der Waals surface area contributed by atoms with E-state index in [4.69, 9.17) is 5.11 Å². The van der Waals surface area contributed by atoms with Gasteiger partial charge in [0.2, 0.25) is 0 Å². The first-order valence-electron chi connectivity index (χ1n) is 5.34. The number of hydrogen-bond donors (Lipinski definition) is 1. The molecule has 0 heterocycles. The van der Waals surface area contributed by atoms with Crippen LogP contribution < -0.4 is 0 Å². The number of aliphatic carboxylic acids is 1. The number of rotatable bonds is 3. The average Bonchev–Trinajstić information content (AvgIpc) is 2.93. The largest absolute Gasteiger partial charge is 0.481 e. The molecule has 0 spiro atoms. The van der Waals surface area contributed by atoms with Crippen molar-refractivity contribution >= 4 is 5.97 Å². The molecule has 0 unspecified atom stereocenters. The molecule has 3 atom stereocenters. The Labute approximate surface area is 89.9 Å². The van der Waals surface area contributed by atoms with Gasteiger partial charge in [0.25, 0.3) is 0 Å². The van der Waals surface area contributed by atoms with Gasteiger partial charge >= 0.3 is 5.97 Å². The van der Waals surface area contributed by atoms with Crippen LogP contribution in [0.15, 0.2) is 30.3 Å². The van der Waals surface area contributed by atoms with Gasteiger partial charge in [0, 0.05) is 0 Å². The molecule has 80 valence electrons. The third-order valence-electron chi connectivity index (χ3n) is 3.72. The second kappa shape index (κ2) is 3.37. The van der Waals surface area contributed by atoms with Crippen molar-refractivity contribution in [2.45, 2.75) is 26.2 Å². The summed E-state index contributed by atoms with van der Waals surface area (Å²) in [5.74, 6) is -0.0278. The van der Waals surface area contributed by atoms with Gasteiger partial charge in [0.1, 0.15) is 0 Å². The van der Waals surface area contributed by atoms with Gasteiger partial charge in [-0.15, -0.1) is 0 Å². The van der Waals surface area contributed by atoms with E-state index in [1.807, 2.05) is 25.1 Å². The minimum atomic E-state index is -0.657. The Morgan fingerprint density at radius 2 is 2.07 bits per heavy atom. The van der Waals surface area contributed by atoms with Gasteiger partial charge in [-0.2, -0.15) is 0 Å². The van der Waals surface area contributed by atoms with E-state index in [1.54, 1.807) is 0 Å². The lowest BCUT2D eigenvalue weighted by atomic mass is 9.91. The first-order valence-corrected chi connectivity index (χ1v) is 5.34. The highest BCUT2D eigenvalue weighted by atomic mass is 16.4. The van der Waals surface area contributed by atoms with Crippen molar-refractivity contribution in [1.29, 1.82) is 0 Å². The van der Waals surface area contributed by atoms with Crippen LogP contribution in [-0.2, 0) is 4.79 Å². The van der Waals surface area contributed by atoms with Crippen LogP contribution in [0.5, 0.6) is 0 Å². The van der Waals surface area contributed by atoms with Crippen molar-refractivity contribution in [2.24, 2.45) is 11.3 Å². The lowest BCUT2D eigenvalue weighted by Crippen LogP contribution is -2.15. The Bertz CT molecular complexity index is 371. The summed E-state index contributed by atoms with van der Waals surface area (Å²) in [5.41, 5.74) is 0.752. The Morgan fingerprint density at radius 3 is 2.53 bits per heavy atom. The summed E-state index contributed by atoms with van der Waals surface area (Å²) in [7, 11) is 0. The smallest absolute Gasteiger partial charge is 0.309 e. The second-order valence-electron chi connectivity index (χ2n) is 4.73. The topological polar surface area (TPSA) is 37.3 Å². The number of benzene rings is 1. The molecule has 2 rings (SSSR count). The van der Waals surface area contributed by atoms with E-state index in [-0.39, 0.29) is 5.92 Å². The molecule has 1 fully saturated rings. The van der Waals surface area contributed by atoms with E-state index in [0.717, 1.165) is 6.42 Å². The van der Waals surface area contributed by atoms with Gasteiger partial charge < -0.3 is 5.11 Å². The summed E-state index contributed by atoms with van der Waals surface area (Å²) < 4.78 is 0. The number of carboxylic acid groups (broad SMARTS) is 1. The molecule has 0 bridgehead atoms. The standard InChI is InChI=1S/C13H16O2/c1-9(10-6-4-3-5-7-10)11-8-13(11,2)12(14)15/h3-7,9,11H,8H2,1-2H3,(H,14,15)/t9-,11-,13-/m0/s1. The van der Waals surface area contributed by atoms with Crippen LogP contribution in [0.4, 0.5) is 0 Å². The van der Waals surface area contributed by atoms with Crippen molar-refractivity contribution in [1.82, 2.24) is 0 Å². The molecular weight excluding hydrogens is 188 g/mol. The van der Waals surface area contributed by atoms with Crippen molar-refractivity contribution in [3.05, 3.63) is 35.9 Å². The van der Waals surface area contributed by atoms with Crippen LogP contribution >= 0.6 is 0 Å². The zero-order valence-electron chi connectivity index (χ0n) is 9.10. The minimum Gasteiger partial charge on any atom is -0.481 e. The molecule has 0 aromatic heterocycles. The van der Waals surface area contributed by atoms with Gasteiger partial charge in [0.15, 0.2) is 0 Å². The van der Waals surface area contributed by atoms with Gasteiger partial charge in [-0.1, -0.05) is 37.3 Å². The lowest BCUT2D eigenvalue weighted by Gasteiger charge is -2.13. The van der Waals surface area contributed by atoms with Crippen LogP contribution in [0.3, 0.4) is 0 Å². The normalized spacial score (nSPS) is 30.9. The van der Waals surface area contributed by atoms with Crippen molar-refractivity contribution in [3.8, 4) is 0 Å². The summed E-state index contributed by atoms with van der Waals surface area (Å²) in [6.07, 6.45) is 0.804. The first kappa shape index (κ1) is 10.2. The maximum Gasteiger partial charge on any atom is 0.309 e. The molecule has 0 saturated heterocycles. The number of carboxylic acids is 1. The zero-order chi connectivity index (χ0) is 11.1. The molecular formula is C13H16O2. The SMILES string of the molecule is C[C@@H](c1ccccc1)[C@@H]1C[C@]1(C)C(=O)O. The third-order valence-corrected chi connectivity index (χ3v) is 3.72. The maximum absolute atomic E-state index is 11.0. The van der Waals surface area contributed by atoms with Crippen LogP contribution in [-0.4, -0.2) is 11.1 Å². The molecule has 1 N–H and O–H groups in total. The van der Waals surface area contributed by atoms with Crippen molar-refractivity contribution in [2.75, 3.05) is 0 Å². The monoisotopic (exact) mass is 204 g/mol. The van der Waals surface area contributed by atoms with E-state index < -0.39 is 11.4 Å². The Balaban J connectivity index is 2.13. The van der Waals surface area contributed by atoms with Crippen LogP contribution in [0.1, 0.15) is 31.7 Å². The highest BCUT2D eigenvalue weighted by Crippen LogP contribution is 2.58. The summed E-state index contributed by atoms with van der Waals surface area (Å²) in [6, 6.07) is 10.1. The molecule has 0 aliphatic heterocycles. The predicted molar refractivity (Wildman–Crippen MR) is 58.7 cm³/mol. The molecule has 15 heavy (non-hydrogen) atoms. The summed E-state index contributed by atoms with van der Waals surface area (Å²) in [6.45, 7) is 3.97. The van der Waals surface area contributed by atoms with E-state index in [9.17, 15) is 4.79 Å². The van der Waals surface area contributed by atoms with Gasteiger partial charge in [-0.3, -0.25) is 4.79 Å². The summed E-state index contributed by atoms with van der Waals surface area (Å²) in [4.78, 5) is 11.0. The van der Waals surface area contributed by atoms with Crippen molar-refractivity contribution in [3.63, 3.8) is 0 Å². The van der Waals surface area contributed by atoms with E-state index in [2.05, 4.69) is 19.1 Å². The summed E-state index contributed by atoms with van der Waals surface area (Å²) in [5, 5.41) is 9.08. The van der Waals surface area contributed by atoms with E-state index in [1.165, 1.54) is 5.56 Å². The fraction of sp³-hybridized carbons (Fsp3) is 0.462. The van der Waals surface area contributed by atoms with E-state index >= 15 is 0 Å². The molecule has 1 aliphatic carbocycles. The van der Waals surface area contributed by atoms with Gasteiger partial charge in [-0.25, -0.2) is 0 Å². The maximum atomic E-state index is 11.0. The average molecular weight is 204 g/mol. The third kappa shape index (κ3) is 1.65. The quantitative estimate of drug-likeness (QED) is 0.822. The van der Waals surface area contributed by atoms with E-state index in [0.29, 0.717) is 5.92 Å². The molecule has 2 heteroatoms. The Kier molecular flexibility index (Phi) is 2.29.